The summed E-state index contributed by atoms with van der Waals surface area (Å²) in [5.74, 6) is 0.876. The molecule has 2 fully saturated rings. The minimum atomic E-state index is 0.310. The molecule has 114 valence electrons. The van der Waals surface area contributed by atoms with E-state index in [9.17, 15) is 4.79 Å². The number of aldehydes is 1. The van der Waals surface area contributed by atoms with E-state index in [0.29, 0.717) is 11.7 Å². The molecule has 0 unspecified atom stereocenters. The minimum Gasteiger partial charge on any atom is -0.490 e. The summed E-state index contributed by atoms with van der Waals surface area (Å²) in [6.45, 7) is 4.60. The second kappa shape index (κ2) is 7.05. The third-order valence-electron chi connectivity index (χ3n) is 4.62. The highest BCUT2D eigenvalue weighted by atomic mass is 16.5. The van der Waals surface area contributed by atoms with Gasteiger partial charge in [0.1, 0.15) is 18.1 Å². The van der Waals surface area contributed by atoms with Crippen molar-refractivity contribution in [3.8, 4) is 5.75 Å². The van der Waals surface area contributed by atoms with Gasteiger partial charge >= 0.3 is 0 Å². The molecule has 2 heterocycles. The molecule has 0 atom stereocenters. The van der Waals surface area contributed by atoms with Crippen LogP contribution in [0.3, 0.4) is 0 Å². The Labute approximate surface area is 126 Å². The van der Waals surface area contributed by atoms with Crippen LogP contribution in [0.25, 0.3) is 0 Å². The molecule has 0 amide bonds. The molecule has 0 saturated carbocycles. The molecule has 21 heavy (non-hydrogen) atoms. The van der Waals surface area contributed by atoms with E-state index in [4.69, 9.17) is 4.74 Å². The monoisotopic (exact) mass is 288 g/mol. The number of ether oxygens (including phenoxy) is 1. The molecule has 1 aromatic rings. The van der Waals surface area contributed by atoms with Gasteiger partial charge < -0.3 is 15.0 Å². The largest absolute Gasteiger partial charge is 0.490 e. The van der Waals surface area contributed by atoms with E-state index in [2.05, 4.69) is 10.2 Å². The van der Waals surface area contributed by atoms with Gasteiger partial charge in [-0.3, -0.25) is 4.79 Å². The maximum atomic E-state index is 10.6. The summed E-state index contributed by atoms with van der Waals surface area (Å²) >= 11 is 0. The average Bonchev–Trinajstić information content (AvgIpc) is 2.57. The fraction of sp³-hybridized carbons (Fsp3) is 0.588. The van der Waals surface area contributed by atoms with Gasteiger partial charge in [-0.1, -0.05) is 0 Å². The standard InChI is InChI=1S/C17H24N2O2/c20-13-14-1-3-16(4-2-14)21-17-7-11-19(12-8-17)15-5-9-18-10-6-15/h1-4,13,15,17-18H,5-12H2. The lowest BCUT2D eigenvalue weighted by molar-refractivity contribution is 0.0653. The normalized spacial score (nSPS) is 22.1. The van der Waals surface area contributed by atoms with E-state index in [1.807, 2.05) is 24.3 Å². The van der Waals surface area contributed by atoms with Crippen molar-refractivity contribution in [1.82, 2.24) is 10.2 Å². The second-order valence-corrected chi connectivity index (χ2v) is 6.02. The summed E-state index contributed by atoms with van der Waals surface area (Å²) in [7, 11) is 0. The SMILES string of the molecule is O=Cc1ccc(OC2CCN(C3CCNCC3)CC2)cc1. The minimum absolute atomic E-state index is 0.310. The molecule has 3 rings (SSSR count). The number of carbonyl (C=O) groups excluding carboxylic acids is 1. The number of nitrogens with zero attached hydrogens (tertiary/aromatic N) is 1. The fourth-order valence-corrected chi connectivity index (χ4v) is 3.35. The Morgan fingerprint density at radius 2 is 1.71 bits per heavy atom. The molecule has 0 radical (unpaired) electrons. The Bertz CT molecular complexity index is 446. The Balaban J connectivity index is 1.47. The van der Waals surface area contributed by atoms with Crippen LogP contribution in [-0.4, -0.2) is 49.5 Å². The van der Waals surface area contributed by atoms with Crippen molar-refractivity contribution in [2.75, 3.05) is 26.2 Å². The molecule has 2 saturated heterocycles. The molecule has 0 bridgehead atoms. The number of hydrogen-bond acceptors (Lipinski definition) is 4. The molecule has 4 heteroatoms. The van der Waals surface area contributed by atoms with Crippen LogP contribution in [-0.2, 0) is 0 Å². The van der Waals surface area contributed by atoms with Gasteiger partial charge in [0, 0.05) is 24.7 Å². The molecule has 4 nitrogen and oxygen atoms in total. The summed E-state index contributed by atoms with van der Waals surface area (Å²) in [6, 6.07) is 8.17. The Kier molecular flexibility index (Phi) is 4.88. The van der Waals surface area contributed by atoms with Crippen LogP contribution in [0.4, 0.5) is 0 Å². The summed E-state index contributed by atoms with van der Waals surface area (Å²) in [5, 5.41) is 3.43. The molecular weight excluding hydrogens is 264 g/mol. The van der Waals surface area contributed by atoms with E-state index in [1.165, 1.54) is 12.8 Å². The zero-order valence-corrected chi connectivity index (χ0v) is 12.5. The van der Waals surface area contributed by atoms with Crippen molar-refractivity contribution in [3.63, 3.8) is 0 Å². The van der Waals surface area contributed by atoms with Crippen LogP contribution in [0.5, 0.6) is 5.75 Å². The first-order valence-electron chi connectivity index (χ1n) is 8.02. The Morgan fingerprint density at radius 3 is 2.33 bits per heavy atom. The summed E-state index contributed by atoms with van der Waals surface area (Å²) in [5.41, 5.74) is 0.697. The third-order valence-corrected chi connectivity index (χ3v) is 4.62. The second-order valence-electron chi connectivity index (χ2n) is 6.02. The molecule has 0 aliphatic carbocycles. The van der Waals surface area contributed by atoms with Crippen molar-refractivity contribution in [2.24, 2.45) is 0 Å². The van der Waals surface area contributed by atoms with Crippen molar-refractivity contribution in [2.45, 2.75) is 37.8 Å². The first kappa shape index (κ1) is 14.5. The van der Waals surface area contributed by atoms with Gasteiger partial charge in [-0.25, -0.2) is 0 Å². The topological polar surface area (TPSA) is 41.6 Å². The maximum absolute atomic E-state index is 10.6. The number of benzene rings is 1. The molecule has 0 aromatic heterocycles. The van der Waals surface area contributed by atoms with Gasteiger partial charge in [0.15, 0.2) is 0 Å². The quantitative estimate of drug-likeness (QED) is 0.862. The molecule has 0 spiro atoms. The average molecular weight is 288 g/mol. The van der Waals surface area contributed by atoms with E-state index < -0.39 is 0 Å². The number of hydrogen-bond donors (Lipinski definition) is 1. The van der Waals surface area contributed by atoms with Gasteiger partial charge in [0.2, 0.25) is 0 Å². The smallest absolute Gasteiger partial charge is 0.150 e. The molecule has 2 aliphatic heterocycles. The van der Waals surface area contributed by atoms with Gasteiger partial charge in [0.25, 0.3) is 0 Å². The number of nitrogens with one attached hydrogen (secondary N) is 1. The van der Waals surface area contributed by atoms with Gasteiger partial charge in [-0.2, -0.15) is 0 Å². The lowest BCUT2D eigenvalue weighted by Crippen LogP contribution is -2.48. The number of carbonyl (C=O) groups is 1. The highest BCUT2D eigenvalue weighted by Crippen LogP contribution is 2.22. The zero-order chi connectivity index (χ0) is 14.5. The van der Waals surface area contributed by atoms with Crippen LogP contribution in [0, 0.1) is 0 Å². The van der Waals surface area contributed by atoms with Crippen molar-refractivity contribution < 1.29 is 9.53 Å². The zero-order valence-electron chi connectivity index (χ0n) is 12.5. The summed E-state index contributed by atoms with van der Waals surface area (Å²) in [6.07, 6.45) is 5.92. The predicted molar refractivity (Wildman–Crippen MR) is 82.9 cm³/mol. The van der Waals surface area contributed by atoms with Crippen LogP contribution in [0.2, 0.25) is 0 Å². The third kappa shape index (κ3) is 3.83. The van der Waals surface area contributed by atoms with Crippen molar-refractivity contribution in [1.29, 1.82) is 0 Å². The van der Waals surface area contributed by atoms with Gasteiger partial charge in [-0.05, 0) is 63.0 Å². The maximum Gasteiger partial charge on any atom is 0.150 e. The number of piperidine rings is 2. The van der Waals surface area contributed by atoms with E-state index in [-0.39, 0.29) is 0 Å². The summed E-state index contributed by atoms with van der Waals surface area (Å²) in [4.78, 5) is 13.3. The fourth-order valence-electron chi connectivity index (χ4n) is 3.35. The molecular formula is C17H24N2O2. The van der Waals surface area contributed by atoms with Crippen molar-refractivity contribution in [3.05, 3.63) is 29.8 Å². The lowest BCUT2D eigenvalue weighted by Gasteiger charge is -2.39. The first-order valence-corrected chi connectivity index (χ1v) is 8.02. The van der Waals surface area contributed by atoms with Crippen LogP contribution in [0.15, 0.2) is 24.3 Å². The van der Waals surface area contributed by atoms with Crippen LogP contribution in [0.1, 0.15) is 36.0 Å². The highest BCUT2D eigenvalue weighted by Gasteiger charge is 2.26. The van der Waals surface area contributed by atoms with Crippen LogP contribution < -0.4 is 10.1 Å². The molecule has 1 aromatic carbocycles. The predicted octanol–water partition coefficient (Wildman–Crippen LogP) is 2.09. The highest BCUT2D eigenvalue weighted by molar-refractivity contribution is 5.74. The van der Waals surface area contributed by atoms with E-state index >= 15 is 0 Å². The van der Waals surface area contributed by atoms with Crippen molar-refractivity contribution >= 4 is 6.29 Å². The number of rotatable bonds is 4. The number of likely N-dealkylation sites (tertiary alicyclic amines) is 1. The Hall–Kier alpha value is -1.39. The van der Waals surface area contributed by atoms with Crippen LogP contribution >= 0.6 is 0 Å². The van der Waals surface area contributed by atoms with Gasteiger partial charge in [0.05, 0.1) is 0 Å². The van der Waals surface area contributed by atoms with E-state index in [0.717, 1.165) is 57.1 Å². The lowest BCUT2D eigenvalue weighted by atomic mass is 10.00. The van der Waals surface area contributed by atoms with Gasteiger partial charge in [-0.15, -0.1) is 0 Å². The first-order chi connectivity index (χ1) is 10.3. The molecule has 1 N–H and O–H groups in total. The van der Waals surface area contributed by atoms with E-state index in [1.54, 1.807) is 0 Å². The Morgan fingerprint density at radius 1 is 1.05 bits per heavy atom. The molecule has 2 aliphatic rings. The summed E-state index contributed by atoms with van der Waals surface area (Å²) < 4.78 is 6.04.